The van der Waals surface area contributed by atoms with Crippen molar-refractivity contribution in [3.05, 3.63) is 0 Å². The lowest BCUT2D eigenvalue weighted by atomic mass is 9.78. The van der Waals surface area contributed by atoms with Crippen molar-refractivity contribution >= 4 is 0 Å². The molecule has 1 saturated heterocycles. The van der Waals surface area contributed by atoms with Gasteiger partial charge < -0.3 is 10.1 Å². The maximum Gasteiger partial charge on any atom is 0.0581 e. The quantitative estimate of drug-likeness (QED) is 0.750. The molecule has 1 N–H and O–H groups in total. The molecule has 1 heterocycles. The summed E-state index contributed by atoms with van der Waals surface area (Å²) in [7, 11) is 0. The van der Waals surface area contributed by atoms with E-state index >= 15 is 0 Å². The van der Waals surface area contributed by atoms with Gasteiger partial charge in [0.25, 0.3) is 0 Å². The molecule has 0 bridgehead atoms. The lowest BCUT2D eigenvalue weighted by Crippen LogP contribution is -2.39. The molecule has 2 aliphatic rings. The van der Waals surface area contributed by atoms with Gasteiger partial charge in [0.15, 0.2) is 0 Å². The Balaban J connectivity index is 1.86. The number of hydrogen-bond acceptors (Lipinski definition) is 2. The van der Waals surface area contributed by atoms with Crippen molar-refractivity contribution in [3.63, 3.8) is 0 Å². The van der Waals surface area contributed by atoms with Crippen LogP contribution in [0.15, 0.2) is 0 Å². The highest BCUT2D eigenvalue weighted by atomic mass is 16.5. The van der Waals surface area contributed by atoms with Crippen LogP contribution in [0.4, 0.5) is 0 Å². The molecule has 2 nitrogen and oxygen atoms in total. The third-order valence-corrected chi connectivity index (χ3v) is 4.20. The molecule has 2 rings (SSSR count). The molecule has 0 aromatic rings. The number of ether oxygens (including phenoxy) is 1. The first-order valence-electron chi connectivity index (χ1n) is 6.95. The Labute approximate surface area is 100 Å². The number of hydrogen-bond donors (Lipinski definition) is 1. The zero-order chi connectivity index (χ0) is 11.6. The van der Waals surface area contributed by atoms with E-state index in [0.717, 1.165) is 19.1 Å². The molecule has 0 spiro atoms. The van der Waals surface area contributed by atoms with Gasteiger partial charge in [-0.2, -0.15) is 0 Å². The van der Waals surface area contributed by atoms with Crippen LogP contribution < -0.4 is 5.32 Å². The average Bonchev–Trinajstić information content (AvgIpc) is 2.98. The molecule has 2 fully saturated rings. The molecule has 16 heavy (non-hydrogen) atoms. The van der Waals surface area contributed by atoms with E-state index in [1.54, 1.807) is 0 Å². The first kappa shape index (κ1) is 12.4. The van der Waals surface area contributed by atoms with Crippen LogP contribution in [-0.2, 0) is 4.74 Å². The van der Waals surface area contributed by atoms with Gasteiger partial charge >= 0.3 is 0 Å². The van der Waals surface area contributed by atoms with Crippen LogP contribution in [0.5, 0.6) is 0 Å². The number of rotatable bonds is 6. The van der Waals surface area contributed by atoms with Gasteiger partial charge in [-0.05, 0) is 43.4 Å². The zero-order valence-electron chi connectivity index (χ0n) is 11.1. The summed E-state index contributed by atoms with van der Waals surface area (Å²) in [5.74, 6) is 0.947. The van der Waals surface area contributed by atoms with Gasteiger partial charge in [-0.3, -0.25) is 0 Å². The fourth-order valence-electron chi connectivity index (χ4n) is 2.93. The van der Waals surface area contributed by atoms with E-state index in [1.807, 2.05) is 0 Å². The minimum atomic E-state index is 0.472. The van der Waals surface area contributed by atoms with Crippen LogP contribution in [0.3, 0.4) is 0 Å². The third-order valence-electron chi connectivity index (χ3n) is 4.20. The summed E-state index contributed by atoms with van der Waals surface area (Å²) < 4.78 is 5.81. The lowest BCUT2D eigenvalue weighted by molar-refractivity contribution is 0.0571. The summed E-state index contributed by atoms with van der Waals surface area (Å²) in [6, 6.07) is 0.600. The van der Waals surface area contributed by atoms with Crippen molar-refractivity contribution in [1.29, 1.82) is 0 Å². The second kappa shape index (κ2) is 5.05. The van der Waals surface area contributed by atoms with Gasteiger partial charge in [0, 0.05) is 19.2 Å². The van der Waals surface area contributed by atoms with Crippen LogP contribution in [0.1, 0.15) is 52.9 Å². The van der Waals surface area contributed by atoms with Crippen molar-refractivity contribution < 1.29 is 4.74 Å². The maximum absolute atomic E-state index is 5.81. The van der Waals surface area contributed by atoms with Gasteiger partial charge in [-0.25, -0.2) is 0 Å². The van der Waals surface area contributed by atoms with Crippen LogP contribution in [0.25, 0.3) is 0 Å². The van der Waals surface area contributed by atoms with E-state index < -0.39 is 0 Å². The Morgan fingerprint density at radius 1 is 1.31 bits per heavy atom. The van der Waals surface area contributed by atoms with E-state index in [1.165, 1.54) is 32.1 Å². The summed E-state index contributed by atoms with van der Waals surface area (Å²) in [6.07, 6.45) is 7.22. The lowest BCUT2D eigenvalue weighted by Gasteiger charge is -2.33. The molecule has 1 saturated carbocycles. The Hall–Kier alpha value is -0.0800. The molecule has 2 atom stereocenters. The van der Waals surface area contributed by atoms with E-state index in [-0.39, 0.29) is 0 Å². The Morgan fingerprint density at radius 3 is 2.56 bits per heavy atom. The molecule has 94 valence electrons. The molecule has 1 aliphatic heterocycles. The fourth-order valence-corrected chi connectivity index (χ4v) is 2.93. The standard InChI is InChI=1S/C14H27NO/c1-11(2)15-10-14(3,12-6-7-12)9-13-5-4-8-16-13/h11-13,15H,4-10H2,1-3H3. The molecule has 2 unspecified atom stereocenters. The Bertz CT molecular complexity index is 219. The minimum Gasteiger partial charge on any atom is -0.378 e. The predicted octanol–water partition coefficient (Wildman–Crippen LogP) is 2.97. The zero-order valence-corrected chi connectivity index (χ0v) is 11.1. The minimum absolute atomic E-state index is 0.472. The van der Waals surface area contributed by atoms with Gasteiger partial charge in [0.05, 0.1) is 6.10 Å². The Morgan fingerprint density at radius 2 is 2.06 bits per heavy atom. The average molecular weight is 225 g/mol. The fraction of sp³-hybridized carbons (Fsp3) is 1.00. The monoisotopic (exact) mass is 225 g/mol. The second-order valence-electron chi connectivity index (χ2n) is 6.30. The van der Waals surface area contributed by atoms with E-state index in [0.29, 0.717) is 17.6 Å². The van der Waals surface area contributed by atoms with Gasteiger partial charge in [-0.15, -0.1) is 0 Å². The molecule has 2 heteroatoms. The Kier molecular flexibility index (Phi) is 3.91. The summed E-state index contributed by atoms with van der Waals surface area (Å²) in [6.45, 7) is 9.08. The first-order chi connectivity index (χ1) is 7.60. The normalized spacial score (nSPS) is 29.6. The molecule has 0 aromatic heterocycles. The summed E-state index contributed by atoms with van der Waals surface area (Å²) in [5.41, 5.74) is 0.472. The van der Waals surface area contributed by atoms with Crippen LogP contribution in [-0.4, -0.2) is 25.3 Å². The van der Waals surface area contributed by atoms with E-state index in [4.69, 9.17) is 4.74 Å². The van der Waals surface area contributed by atoms with Crippen molar-refractivity contribution in [1.82, 2.24) is 5.32 Å². The van der Waals surface area contributed by atoms with Crippen molar-refractivity contribution in [2.24, 2.45) is 11.3 Å². The van der Waals surface area contributed by atoms with Crippen LogP contribution in [0.2, 0.25) is 0 Å². The summed E-state index contributed by atoms with van der Waals surface area (Å²) in [4.78, 5) is 0. The highest BCUT2D eigenvalue weighted by Crippen LogP contribution is 2.48. The SMILES string of the molecule is CC(C)NCC(C)(CC1CCCO1)C1CC1. The highest BCUT2D eigenvalue weighted by Gasteiger charge is 2.43. The van der Waals surface area contributed by atoms with Gasteiger partial charge in [-0.1, -0.05) is 20.8 Å². The van der Waals surface area contributed by atoms with Gasteiger partial charge in [0.1, 0.15) is 0 Å². The largest absolute Gasteiger partial charge is 0.378 e. The first-order valence-corrected chi connectivity index (χ1v) is 6.95. The molecular formula is C14H27NO. The molecule has 0 amide bonds. The third kappa shape index (κ3) is 3.21. The molecular weight excluding hydrogens is 198 g/mol. The van der Waals surface area contributed by atoms with E-state index in [2.05, 4.69) is 26.1 Å². The van der Waals surface area contributed by atoms with Crippen molar-refractivity contribution in [2.75, 3.05) is 13.2 Å². The van der Waals surface area contributed by atoms with E-state index in [9.17, 15) is 0 Å². The summed E-state index contributed by atoms with van der Waals surface area (Å²) >= 11 is 0. The molecule has 1 aliphatic carbocycles. The highest BCUT2D eigenvalue weighted by molar-refractivity contribution is 4.94. The van der Waals surface area contributed by atoms with Gasteiger partial charge in [0.2, 0.25) is 0 Å². The maximum atomic E-state index is 5.81. The van der Waals surface area contributed by atoms with Crippen molar-refractivity contribution in [3.8, 4) is 0 Å². The smallest absolute Gasteiger partial charge is 0.0581 e. The predicted molar refractivity (Wildman–Crippen MR) is 67.6 cm³/mol. The molecule has 0 radical (unpaired) electrons. The molecule has 0 aromatic carbocycles. The van der Waals surface area contributed by atoms with Crippen molar-refractivity contribution in [2.45, 2.75) is 65.0 Å². The second-order valence-corrected chi connectivity index (χ2v) is 6.30. The van der Waals surface area contributed by atoms with Crippen LogP contribution >= 0.6 is 0 Å². The van der Waals surface area contributed by atoms with Crippen LogP contribution in [0, 0.1) is 11.3 Å². The number of nitrogens with one attached hydrogen (secondary N) is 1. The summed E-state index contributed by atoms with van der Waals surface area (Å²) in [5, 5.41) is 3.63. The topological polar surface area (TPSA) is 21.3 Å².